The summed E-state index contributed by atoms with van der Waals surface area (Å²) in [6.07, 6.45) is 2.15. The van der Waals surface area contributed by atoms with Gasteiger partial charge in [0, 0.05) is 12.5 Å². The van der Waals surface area contributed by atoms with Gasteiger partial charge in [0.05, 0.1) is 11.0 Å². The van der Waals surface area contributed by atoms with Crippen molar-refractivity contribution in [2.45, 2.75) is 25.2 Å². The van der Waals surface area contributed by atoms with Crippen LogP contribution >= 0.6 is 0 Å². The minimum atomic E-state index is -0.201. The first-order chi connectivity index (χ1) is 8.60. The number of hydrogen-bond donors (Lipinski definition) is 1. The number of hydrogen-bond acceptors (Lipinski definition) is 2. The summed E-state index contributed by atoms with van der Waals surface area (Å²) < 4.78 is 15.4. The highest BCUT2D eigenvalue weighted by Crippen LogP contribution is 2.33. The van der Waals surface area contributed by atoms with Crippen molar-refractivity contribution in [2.75, 3.05) is 13.1 Å². The van der Waals surface area contributed by atoms with Crippen molar-refractivity contribution in [1.82, 2.24) is 14.9 Å². The Hall–Kier alpha value is -1.42. The lowest BCUT2D eigenvalue weighted by Crippen LogP contribution is -2.39. The summed E-state index contributed by atoms with van der Waals surface area (Å²) in [5.74, 6) is 0.872. The second-order valence-electron chi connectivity index (χ2n) is 5.44. The Kier molecular flexibility index (Phi) is 2.63. The van der Waals surface area contributed by atoms with Crippen LogP contribution in [-0.2, 0) is 12.5 Å². The van der Waals surface area contributed by atoms with E-state index in [1.165, 1.54) is 6.07 Å². The molecule has 1 aliphatic heterocycles. The van der Waals surface area contributed by atoms with Crippen molar-refractivity contribution in [2.24, 2.45) is 7.05 Å². The standard InChI is InChI=1S/C14H18FN3/c1-14(5-7-16-8-6-14)13-17-11-4-3-10(15)9-12(11)18(13)2/h3-4,9,16H,5-8H2,1-2H3. The number of aryl methyl sites for hydroxylation is 1. The molecule has 1 saturated heterocycles. The summed E-state index contributed by atoms with van der Waals surface area (Å²) in [6, 6.07) is 4.80. The van der Waals surface area contributed by atoms with Gasteiger partial charge in [-0.05, 0) is 44.1 Å². The Bertz CT molecular complexity index is 582. The fourth-order valence-corrected chi connectivity index (χ4v) is 2.90. The number of halogens is 1. The number of imidazole rings is 1. The molecular weight excluding hydrogens is 229 g/mol. The molecule has 4 heteroatoms. The average Bonchev–Trinajstić information content (AvgIpc) is 2.68. The molecule has 0 atom stereocenters. The van der Waals surface area contributed by atoms with Gasteiger partial charge in [-0.15, -0.1) is 0 Å². The molecule has 1 aromatic heterocycles. The van der Waals surface area contributed by atoms with Gasteiger partial charge in [0.1, 0.15) is 11.6 Å². The molecule has 0 radical (unpaired) electrons. The molecule has 1 N–H and O–H groups in total. The van der Waals surface area contributed by atoms with Gasteiger partial charge in [-0.2, -0.15) is 0 Å². The van der Waals surface area contributed by atoms with E-state index in [0.717, 1.165) is 42.8 Å². The van der Waals surface area contributed by atoms with Gasteiger partial charge in [0.25, 0.3) is 0 Å². The van der Waals surface area contributed by atoms with E-state index in [1.54, 1.807) is 12.1 Å². The summed E-state index contributed by atoms with van der Waals surface area (Å²) in [6.45, 7) is 4.30. The van der Waals surface area contributed by atoms with Gasteiger partial charge < -0.3 is 9.88 Å². The molecule has 1 aliphatic rings. The van der Waals surface area contributed by atoms with Crippen LogP contribution in [0, 0.1) is 5.82 Å². The Labute approximate surface area is 106 Å². The third-order valence-corrected chi connectivity index (χ3v) is 4.09. The molecule has 0 bridgehead atoms. The molecule has 0 amide bonds. The predicted octanol–water partition coefficient (Wildman–Crippen LogP) is 2.35. The molecule has 1 aromatic carbocycles. The van der Waals surface area contributed by atoms with Gasteiger partial charge in [0.15, 0.2) is 0 Å². The smallest absolute Gasteiger partial charge is 0.125 e. The summed E-state index contributed by atoms with van der Waals surface area (Å²) in [4.78, 5) is 4.72. The monoisotopic (exact) mass is 247 g/mol. The Balaban J connectivity index is 2.14. The Morgan fingerprint density at radius 3 is 2.78 bits per heavy atom. The van der Waals surface area contributed by atoms with E-state index in [2.05, 4.69) is 12.2 Å². The average molecular weight is 247 g/mol. The highest BCUT2D eigenvalue weighted by atomic mass is 19.1. The minimum Gasteiger partial charge on any atom is -0.331 e. The van der Waals surface area contributed by atoms with E-state index in [9.17, 15) is 4.39 Å². The van der Waals surface area contributed by atoms with E-state index in [1.807, 2.05) is 11.6 Å². The van der Waals surface area contributed by atoms with Crippen LogP contribution in [0.15, 0.2) is 18.2 Å². The van der Waals surface area contributed by atoms with Crippen LogP contribution in [-0.4, -0.2) is 22.6 Å². The molecular formula is C14H18FN3. The van der Waals surface area contributed by atoms with Gasteiger partial charge >= 0.3 is 0 Å². The van der Waals surface area contributed by atoms with E-state index >= 15 is 0 Å². The number of piperidine rings is 1. The van der Waals surface area contributed by atoms with E-state index in [4.69, 9.17) is 4.98 Å². The maximum atomic E-state index is 13.3. The van der Waals surface area contributed by atoms with Crippen LogP contribution in [0.1, 0.15) is 25.6 Å². The third kappa shape index (κ3) is 1.72. The highest BCUT2D eigenvalue weighted by molar-refractivity contribution is 5.76. The van der Waals surface area contributed by atoms with Crippen molar-refractivity contribution < 1.29 is 4.39 Å². The highest BCUT2D eigenvalue weighted by Gasteiger charge is 2.33. The maximum absolute atomic E-state index is 13.3. The molecule has 2 heterocycles. The lowest BCUT2D eigenvalue weighted by molar-refractivity contribution is 0.313. The number of fused-ring (bicyclic) bond motifs is 1. The molecule has 3 nitrogen and oxygen atoms in total. The predicted molar refractivity (Wildman–Crippen MR) is 70.1 cm³/mol. The summed E-state index contributed by atoms with van der Waals surface area (Å²) >= 11 is 0. The van der Waals surface area contributed by atoms with E-state index < -0.39 is 0 Å². The van der Waals surface area contributed by atoms with Crippen LogP contribution in [0.5, 0.6) is 0 Å². The zero-order chi connectivity index (χ0) is 12.8. The first-order valence-electron chi connectivity index (χ1n) is 6.43. The SMILES string of the molecule is Cn1c(C2(C)CCNCC2)nc2ccc(F)cc21. The fraction of sp³-hybridized carbons (Fsp3) is 0.500. The molecule has 96 valence electrons. The number of benzene rings is 1. The summed E-state index contributed by atoms with van der Waals surface area (Å²) in [7, 11) is 1.98. The fourth-order valence-electron chi connectivity index (χ4n) is 2.90. The summed E-state index contributed by atoms with van der Waals surface area (Å²) in [5, 5.41) is 3.37. The number of nitrogens with zero attached hydrogens (tertiary/aromatic N) is 2. The second-order valence-corrected chi connectivity index (χ2v) is 5.44. The zero-order valence-corrected chi connectivity index (χ0v) is 10.8. The van der Waals surface area contributed by atoms with E-state index in [0.29, 0.717) is 0 Å². The van der Waals surface area contributed by atoms with Crippen LogP contribution < -0.4 is 5.32 Å². The van der Waals surface area contributed by atoms with Crippen LogP contribution in [0.25, 0.3) is 11.0 Å². The van der Waals surface area contributed by atoms with Crippen LogP contribution in [0.3, 0.4) is 0 Å². The van der Waals surface area contributed by atoms with Crippen LogP contribution in [0.2, 0.25) is 0 Å². The van der Waals surface area contributed by atoms with Crippen LogP contribution in [0.4, 0.5) is 4.39 Å². The lowest BCUT2D eigenvalue weighted by atomic mass is 9.80. The van der Waals surface area contributed by atoms with Crippen molar-refractivity contribution >= 4 is 11.0 Å². The minimum absolute atomic E-state index is 0.0928. The molecule has 0 unspecified atom stereocenters. The van der Waals surface area contributed by atoms with Gasteiger partial charge in [0.2, 0.25) is 0 Å². The normalized spacial score (nSPS) is 19.3. The number of nitrogens with one attached hydrogen (secondary N) is 1. The van der Waals surface area contributed by atoms with E-state index in [-0.39, 0.29) is 11.2 Å². The van der Waals surface area contributed by atoms with Gasteiger partial charge in [-0.3, -0.25) is 0 Å². The Morgan fingerprint density at radius 1 is 1.33 bits per heavy atom. The topological polar surface area (TPSA) is 29.9 Å². The molecule has 0 saturated carbocycles. The molecule has 2 aromatic rings. The maximum Gasteiger partial charge on any atom is 0.125 e. The van der Waals surface area contributed by atoms with Gasteiger partial charge in [-0.25, -0.2) is 9.37 Å². The molecule has 18 heavy (non-hydrogen) atoms. The molecule has 1 fully saturated rings. The largest absolute Gasteiger partial charge is 0.331 e. The molecule has 3 rings (SSSR count). The molecule has 0 spiro atoms. The van der Waals surface area contributed by atoms with Gasteiger partial charge in [-0.1, -0.05) is 6.92 Å². The number of aromatic nitrogens is 2. The number of rotatable bonds is 1. The van der Waals surface area contributed by atoms with Crippen molar-refractivity contribution in [3.8, 4) is 0 Å². The first kappa shape index (κ1) is 11.7. The second kappa shape index (κ2) is 4.05. The Morgan fingerprint density at radius 2 is 2.06 bits per heavy atom. The van der Waals surface area contributed by atoms with Crippen molar-refractivity contribution in [3.05, 3.63) is 29.8 Å². The quantitative estimate of drug-likeness (QED) is 0.838. The zero-order valence-electron chi connectivity index (χ0n) is 10.8. The van der Waals surface area contributed by atoms with Crippen molar-refractivity contribution in [3.63, 3.8) is 0 Å². The summed E-state index contributed by atoms with van der Waals surface area (Å²) in [5.41, 5.74) is 1.86. The van der Waals surface area contributed by atoms with Crippen molar-refractivity contribution in [1.29, 1.82) is 0 Å². The lowest BCUT2D eigenvalue weighted by Gasteiger charge is -2.33. The molecule has 0 aliphatic carbocycles. The first-order valence-corrected chi connectivity index (χ1v) is 6.43. The third-order valence-electron chi connectivity index (χ3n) is 4.09.